The van der Waals surface area contributed by atoms with Gasteiger partial charge in [0.2, 0.25) is 0 Å². The van der Waals surface area contributed by atoms with E-state index in [9.17, 15) is 14.7 Å². The van der Waals surface area contributed by atoms with Crippen LogP contribution in [0.1, 0.15) is 77.5 Å². The highest BCUT2D eigenvalue weighted by molar-refractivity contribution is 6.14. The summed E-state index contributed by atoms with van der Waals surface area (Å²) < 4.78 is 38.4. The van der Waals surface area contributed by atoms with Crippen molar-refractivity contribution < 1.29 is 43.1 Å². The number of allylic oxidation sites excluding steroid dienone is 2. The van der Waals surface area contributed by atoms with Crippen LogP contribution in [0.2, 0.25) is 0 Å². The highest BCUT2D eigenvalue weighted by Gasteiger charge is 2.47. The molecular formula is C44H55NO9. The zero-order valence-electron chi connectivity index (χ0n) is 32.3. The molecule has 1 N–H and O–H groups in total. The third-order valence-corrected chi connectivity index (χ3v) is 9.22. The Labute approximate surface area is 319 Å². The Bertz CT molecular complexity index is 1700. The van der Waals surface area contributed by atoms with Crippen LogP contribution in [0.15, 0.2) is 107 Å². The lowest BCUT2D eigenvalue weighted by Crippen LogP contribution is -2.60. The summed E-state index contributed by atoms with van der Waals surface area (Å²) in [6.45, 7) is 12.1. The van der Waals surface area contributed by atoms with Gasteiger partial charge in [-0.25, -0.2) is 4.79 Å². The number of ketones is 1. The van der Waals surface area contributed by atoms with Crippen LogP contribution in [0.3, 0.4) is 0 Å². The summed E-state index contributed by atoms with van der Waals surface area (Å²) in [6, 6.07) is 28.7. The molecule has 0 bridgehead atoms. The molecule has 1 aliphatic heterocycles. The predicted octanol–water partition coefficient (Wildman–Crippen LogP) is 7.88. The number of aliphatic hydroxyl groups is 1. The monoisotopic (exact) mass is 741 g/mol. The fourth-order valence-electron chi connectivity index (χ4n) is 6.53. The lowest BCUT2D eigenvalue weighted by molar-refractivity contribution is -0.320. The molecule has 1 saturated heterocycles. The van der Waals surface area contributed by atoms with Gasteiger partial charge in [-0.2, -0.15) is 0 Å². The molecule has 1 heterocycles. The van der Waals surface area contributed by atoms with E-state index in [1.807, 2.05) is 112 Å². The summed E-state index contributed by atoms with van der Waals surface area (Å²) in [5.41, 5.74) is 1.97. The summed E-state index contributed by atoms with van der Waals surface area (Å²) in [6.07, 6.45) is -1.15. The Morgan fingerprint density at radius 2 is 1.31 bits per heavy atom. The SMILES string of the molecule is C[C@@H]1O[C@@H](OCC[C@H](N=CC2=C(O)CC(C)(C)CC2=O)C(=O)OC(C)(C)C)[C@@H](OCc2ccccc2)[C@H](OCc2ccccc2)[C@@H]1OCc1ccccc1. The van der Waals surface area contributed by atoms with E-state index in [1.54, 1.807) is 20.8 Å². The molecule has 0 amide bonds. The number of carbonyl (C=O) groups excluding carboxylic acids is 2. The van der Waals surface area contributed by atoms with Crippen molar-refractivity contribution in [2.24, 2.45) is 10.4 Å². The first-order valence-corrected chi connectivity index (χ1v) is 18.7. The fraction of sp³-hybridized carbons (Fsp3) is 0.477. The quantitative estimate of drug-likeness (QED) is 0.115. The number of Topliss-reactive ketones (excluding diaryl/α,β-unsaturated/α-hetero) is 1. The van der Waals surface area contributed by atoms with E-state index in [1.165, 1.54) is 6.21 Å². The summed E-state index contributed by atoms with van der Waals surface area (Å²) in [7, 11) is 0. The molecule has 10 heteroatoms. The Hall–Kier alpha value is -4.19. The molecule has 2 aliphatic rings. The molecular weight excluding hydrogens is 686 g/mol. The molecule has 5 rings (SSSR count). The summed E-state index contributed by atoms with van der Waals surface area (Å²) >= 11 is 0. The lowest BCUT2D eigenvalue weighted by Gasteiger charge is -2.45. The van der Waals surface area contributed by atoms with Gasteiger partial charge >= 0.3 is 5.97 Å². The van der Waals surface area contributed by atoms with Gasteiger partial charge < -0.3 is 33.5 Å². The van der Waals surface area contributed by atoms with Crippen molar-refractivity contribution in [3.05, 3.63) is 119 Å². The molecule has 0 spiro atoms. The van der Waals surface area contributed by atoms with Crippen LogP contribution in [0, 0.1) is 5.41 Å². The molecule has 1 fully saturated rings. The van der Waals surface area contributed by atoms with Gasteiger partial charge in [0.25, 0.3) is 0 Å². The number of carbonyl (C=O) groups is 2. The van der Waals surface area contributed by atoms with Gasteiger partial charge in [0.15, 0.2) is 12.1 Å². The highest BCUT2D eigenvalue weighted by Crippen LogP contribution is 2.35. The molecule has 290 valence electrons. The largest absolute Gasteiger partial charge is 0.511 e. The summed E-state index contributed by atoms with van der Waals surface area (Å²) in [4.78, 5) is 30.8. The first-order valence-electron chi connectivity index (χ1n) is 18.7. The predicted molar refractivity (Wildman–Crippen MR) is 206 cm³/mol. The number of aliphatic hydroxyl groups excluding tert-OH is 1. The van der Waals surface area contributed by atoms with Crippen molar-refractivity contribution in [2.75, 3.05) is 6.61 Å². The van der Waals surface area contributed by atoms with Gasteiger partial charge in [0.05, 0.1) is 38.1 Å². The Morgan fingerprint density at radius 3 is 1.81 bits per heavy atom. The van der Waals surface area contributed by atoms with Crippen molar-refractivity contribution in [1.82, 2.24) is 0 Å². The van der Waals surface area contributed by atoms with E-state index < -0.39 is 48.3 Å². The minimum atomic E-state index is -1.01. The van der Waals surface area contributed by atoms with Crippen LogP contribution in [-0.4, -0.2) is 72.0 Å². The van der Waals surface area contributed by atoms with Gasteiger partial charge in [-0.05, 0) is 49.8 Å². The standard InChI is InChI=1S/C44H55NO9/c1-30-38(50-27-31-16-10-7-11-17-31)39(51-28-32-18-12-8-13-19-32)40(52-29-33-20-14-9-15-21-33)42(53-30)49-23-22-35(41(48)54-43(2,3)4)45-26-34-36(46)24-44(5,6)25-37(34)47/h7-21,26,30,35,38-40,42,46H,22-25,27-29H2,1-6H3/t30-,35-,38+,39+,40-,42+/m0/s1. The van der Waals surface area contributed by atoms with Crippen molar-refractivity contribution >= 4 is 18.0 Å². The molecule has 3 aromatic rings. The molecule has 6 atom stereocenters. The Balaban J connectivity index is 1.38. The number of nitrogens with zero attached hydrogens (tertiary/aromatic N) is 1. The second-order valence-corrected chi connectivity index (χ2v) is 15.8. The number of rotatable bonds is 16. The lowest BCUT2D eigenvalue weighted by atomic mass is 9.77. The minimum Gasteiger partial charge on any atom is -0.511 e. The number of benzene rings is 3. The van der Waals surface area contributed by atoms with Crippen LogP contribution in [-0.2, 0) is 57.8 Å². The Morgan fingerprint density at radius 1 is 0.815 bits per heavy atom. The molecule has 0 radical (unpaired) electrons. The van der Waals surface area contributed by atoms with Gasteiger partial charge in [-0.3, -0.25) is 9.79 Å². The highest BCUT2D eigenvalue weighted by atomic mass is 16.7. The van der Waals surface area contributed by atoms with Crippen molar-refractivity contribution in [3.8, 4) is 0 Å². The zero-order chi connectivity index (χ0) is 38.7. The van der Waals surface area contributed by atoms with Crippen LogP contribution < -0.4 is 0 Å². The third kappa shape index (κ3) is 12.2. The fourth-order valence-corrected chi connectivity index (χ4v) is 6.53. The second kappa shape index (κ2) is 18.9. The molecule has 1 aliphatic carbocycles. The van der Waals surface area contributed by atoms with Crippen LogP contribution in [0.4, 0.5) is 0 Å². The molecule has 54 heavy (non-hydrogen) atoms. The van der Waals surface area contributed by atoms with E-state index >= 15 is 0 Å². The van der Waals surface area contributed by atoms with Gasteiger partial charge in [0, 0.05) is 25.5 Å². The average Bonchev–Trinajstić information content (AvgIpc) is 3.12. The van der Waals surface area contributed by atoms with Crippen molar-refractivity contribution in [1.29, 1.82) is 0 Å². The van der Waals surface area contributed by atoms with Gasteiger partial charge in [0.1, 0.15) is 35.7 Å². The zero-order valence-corrected chi connectivity index (χ0v) is 32.3. The molecule has 0 saturated carbocycles. The number of esters is 1. The topological polar surface area (TPSA) is 122 Å². The van der Waals surface area contributed by atoms with E-state index in [0.717, 1.165) is 16.7 Å². The first kappa shape index (κ1) is 41.0. The number of hydrogen-bond acceptors (Lipinski definition) is 10. The maximum absolute atomic E-state index is 13.4. The second-order valence-electron chi connectivity index (χ2n) is 15.8. The van der Waals surface area contributed by atoms with Crippen molar-refractivity contribution in [3.63, 3.8) is 0 Å². The van der Waals surface area contributed by atoms with Gasteiger partial charge in [-0.1, -0.05) is 105 Å². The van der Waals surface area contributed by atoms with E-state index in [2.05, 4.69) is 4.99 Å². The summed E-state index contributed by atoms with van der Waals surface area (Å²) in [5, 5.41) is 10.7. The number of ether oxygens (including phenoxy) is 6. The normalized spacial score (nSPS) is 23.7. The van der Waals surface area contributed by atoms with Crippen LogP contribution in [0.5, 0.6) is 0 Å². The minimum absolute atomic E-state index is 0.0345. The van der Waals surface area contributed by atoms with Crippen LogP contribution in [0.25, 0.3) is 0 Å². The first-order chi connectivity index (χ1) is 25.8. The number of hydrogen-bond donors (Lipinski definition) is 1. The van der Waals surface area contributed by atoms with E-state index in [4.69, 9.17) is 28.4 Å². The van der Waals surface area contributed by atoms with Gasteiger partial charge in [-0.15, -0.1) is 0 Å². The molecule has 0 aromatic heterocycles. The van der Waals surface area contributed by atoms with Crippen LogP contribution >= 0.6 is 0 Å². The summed E-state index contributed by atoms with van der Waals surface area (Å²) in [5.74, 6) is -0.827. The smallest absolute Gasteiger partial charge is 0.331 e. The molecule has 0 unspecified atom stereocenters. The third-order valence-electron chi connectivity index (χ3n) is 9.22. The molecule has 10 nitrogen and oxygen atoms in total. The van der Waals surface area contributed by atoms with E-state index in [0.29, 0.717) is 19.6 Å². The maximum atomic E-state index is 13.4. The molecule has 3 aromatic carbocycles. The van der Waals surface area contributed by atoms with Crippen molar-refractivity contribution in [2.45, 2.75) is 123 Å². The number of aliphatic imine (C=N–C) groups is 1. The Kier molecular flexibility index (Phi) is 14.4. The maximum Gasteiger partial charge on any atom is 0.331 e. The average molecular weight is 742 g/mol. The van der Waals surface area contributed by atoms with E-state index in [-0.39, 0.29) is 48.6 Å².